The third-order valence-electron chi connectivity index (χ3n) is 6.04. The molecule has 1 heterocycles. The normalized spacial score (nSPS) is 17.9. The molecule has 0 saturated heterocycles. The molecule has 0 aliphatic carbocycles. The Morgan fingerprint density at radius 2 is 1.77 bits per heavy atom. The molecule has 0 radical (unpaired) electrons. The first-order valence-electron chi connectivity index (χ1n) is 10.8. The molecular weight excluding hydrogens is 484 g/mol. The van der Waals surface area contributed by atoms with Gasteiger partial charge in [-0.2, -0.15) is 0 Å². The molecule has 0 N–H and O–H groups in total. The Morgan fingerprint density at radius 3 is 2.35 bits per heavy atom. The predicted molar refractivity (Wildman–Crippen MR) is 127 cm³/mol. The third kappa shape index (κ3) is 5.37. The number of benzene rings is 2. The fourth-order valence-corrected chi connectivity index (χ4v) is 6.54. The Hall–Kier alpha value is -1.31. The molecule has 0 bridgehead atoms. The first-order chi connectivity index (χ1) is 14.8. The van der Waals surface area contributed by atoms with Crippen LogP contribution in [0.3, 0.4) is 0 Å². The molecule has 170 valence electrons. The lowest BCUT2D eigenvalue weighted by molar-refractivity contribution is 0.270. The van der Waals surface area contributed by atoms with Crippen molar-refractivity contribution in [3.05, 3.63) is 46.4 Å². The highest BCUT2D eigenvalue weighted by molar-refractivity contribution is 9.10. The van der Waals surface area contributed by atoms with Gasteiger partial charge < -0.3 is 14.2 Å². The minimum absolute atomic E-state index is 0.180. The molecule has 0 aromatic heterocycles. The van der Waals surface area contributed by atoms with Crippen LogP contribution < -0.4 is 9.64 Å². The van der Waals surface area contributed by atoms with Crippen LogP contribution in [0.5, 0.6) is 5.75 Å². The number of hydrogen-bond donors (Lipinski definition) is 0. The van der Waals surface area contributed by atoms with Crippen molar-refractivity contribution in [1.82, 2.24) is 0 Å². The molecule has 0 amide bonds. The highest BCUT2D eigenvalue weighted by Crippen LogP contribution is 2.47. The topological polar surface area (TPSA) is 35.5 Å². The van der Waals surface area contributed by atoms with E-state index < -0.39 is 22.8 Å². The number of methoxy groups -OCH3 is 1. The van der Waals surface area contributed by atoms with Gasteiger partial charge in [-0.25, -0.2) is 8.78 Å². The highest BCUT2D eigenvalue weighted by atomic mass is 79.9. The maximum absolute atomic E-state index is 14.2. The smallest absolute Gasteiger partial charge is 0.180 e. The average molecular weight is 514 g/mol. The van der Waals surface area contributed by atoms with E-state index in [0.29, 0.717) is 28.6 Å². The van der Waals surface area contributed by atoms with Gasteiger partial charge in [0, 0.05) is 29.8 Å². The first-order valence-corrected chi connectivity index (χ1v) is 12.9. The zero-order valence-electron chi connectivity index (χ0n) is 18.3. The molecule has 7 heteroatoms. The Morgan fingerprint density at radius 1 is 1.10 bits per heavy atom. The van der Waals surface area contributed by atoms with Crippen molar-refractivity contribution in [2.24, 2.45) is 5.41 Å². The molecule has 3 rings (SSSR count). The van der Waals surface area contributed by atoms with Crippen LogP contribution >= 0.6 is 15.9 Å². The first kappa shape index (κ1) is 24.3. The third-order valence-corrected chi connectivity index (χ3v) is 8.35. The van der Waals surface area contributed by atoms with E-state index in [0.717, 1.165) is 54.8 Å². The molecule has 1 aliphatic rings. The molecule has 2 aromatic rings. The van der Waals surface area contributed by atoms with Crippen LogP contribution in [0.4, 0.5) is 20.2 Å². The lowest BCUT2D eigenvalue weighted by atomic mass is 9.79. The summed E-state index contributed by atoms with van der Waals surface area (Å²) >= 11 is 2.29. The van der Waals surface area contributed by atoms with Gasteiger partial charge in [0.2, 0.25) is 0 Å². The maximum atomic E-state index is 14.2. The average Bonchev–Trinajstić information content (AvgIpc) is 2.87. The van der Waals surface area contributed by atoms with E-state index in [4.69, 9.17) is 4.74 Å². The van der Waals surface area contributed by atoms with Crippen molar-refractivity contribution in [1.29, 1.82) is 0 Å². The number of hydrogen-bond acceptors (Lipinski definition) is 3. The maximum Gasteiger partial charge on any atom is 0.180 e. The van der Waals surface area contributed by atoms with E-state index in [-0.39, 0.29) is 5.41 Å². The Labute approximate surface area is 195 Å². The van der Waals surface area contributed by atoms with E-state index in [1.54, 1.807) is 19.2 Å². The predicted octanol–water partition coefficient (Wildman–Crippen LogP) is 7.36. The second kappa shape index (κ2) is 10.5. The molecule has 2 aromatic carbocycles. The summed E-state index contributed by atoms with van der Waals surface area (Å²) < 4.78 is 47.7. The van der Waals surface area contributed by atoms with Gasteiger partial charge in [-0.15, -0.1) is 0 Å². The summed E-state index contributed by atoms with van der Waals surface area (Å²) in [5.74, 6) is -0.608. The van der Waals surface area contributed by atoms with Crippen molar-refractivity contribution in [3.63, 3.8) is 0 Å². The SMILES string of the molecule is CCCCC1(CCCC)CN(c2ccc(F)c(F)c2)c2cc(Br)c(OC)cc2[S+]([O-])C1. The van der Waals surface area contributed by atoms with E-state index in [1.165, 1.54) is 6.07 Å². The van der Waals surface area contributed by atoms with E-state index in [9.17, 15) is 13.3 Å². The zero-order valence-corrected chi connectivity index (χ0v) is 20.8. The summed E-state index contributed by atoms with van der Waals surface area (Å²) in [6.45, 7) is 4.92. The van der Waals surface area contributed by atoms with Gasteiger partial charge in [0.05, 0.1) is 17.3 Å². The van der Waals surface area contributed by atoms with Crippen molar-refractivity contribution >= 4 is 38.5 Å². The standard InChI is InChI=1S/C24H30BrF2NO2S/c1-4-6-10-24(11-7-5-2)15-28(17-8-9-19(26)20(27)12-17)21-13-18(25)22(30-3)14-23(21)31(29)16-24/h8-9,12-14H,4-7,10-11,15-16H2,1-3H3. The molecular formula is C24H30BrF2NO2S. The van der Waals surface area contributed by atoms with Gasteiger partial charge in [-0.3, -0.25) is 0 Å². The molecule has 3 nitrogen and oxygen atoms in total. The molecule has 31 heavy (non-hydrogen) atoms. The van der Waals surface area contributed by atoms with Crippen LogP contribution in [0, 0.1) is 17.0 Å². The number of anilines is 2. The van der Waals surface area contributed by atoms with Gasteiger partial charge in [0.15, 0.2) is 16.5 Å². The van der Waals surface area contributed by atoms with Crippen molar-refractivity contribution < 1.29 is 18.1 Å². The van der Waals surface area contributed by atoms with Crippen molar-refractivity contribution in [2.75, 3.05) is 24.3 Å². The van der Waals surface area contributed by atoms with Gasteiger partial charge >= 0.3 is 0 Å². The number of ether oxygens (including phenoxy) is 1. The van der Waals surface area contributed by atoms with E-state index >= 15 is 0 Å². The fraction of sp³-hybridized carbons (Fsp3) is 0.500. The number of rotatable bonds is 8. The van der Waals surface area contributed by atoms with E-state index in [1.807, 2.05) is 11.0 Å². The lowest BCUT2D eigenvalue weighted by Gasteiger charge is -2.36. The Balaban J connectivity index is 2.18. The number of halogens is 3. The van der Waals surface area contributed by atoms with Gasteiger partial charge in [0.25, 0.3) is 0 Å². The van der Waals surface area contributed by atoms with Crippen LogP contribution in [0.2, 0.25) is 0 Å². The van der Waals surface area contributed by atoms with Crippen LogP contribution in [0.25, 0.3) is 0 Å². The molecule has 1 atom stereocenters. The monoisotopic (exact) mass is 513 g/mol. The summed E-state index contributed by atoms with van der Waals surface area (Å²) in [4.78, 5) is 2.68. The van der Waals surface area contributed by atoms with E-state index in [2.05, 4.69) is 29.8 Å². The number of fused-ring (bicyclic) bond motifs is 1. The second-order valence-electron chi connectivity index (χ2n) is 8.34. The Bertz CT molecular complexity index is 903. The number of unbranched alkanes of at least 4 members (excludes halogenated alkanes) is 2. The van der Waals surface area contributed by atoms with Gasteiger partial charge in [-0.05, 0) is 58.1 Å². The second-order valence-corrected chi connectivity index (χ2v) is 10.6. The molecule has 0 spiro atoms. The quantitative estimate of drug-likeness (QED) is 0.345. The molecule has 0 saturated carbocycles. The van der Waals surface area contributed by atoms with Crippen LogP contribution in [-0.4, -0.2) is 24.0 Å². The molecule has 1 unspecified atom stereocenters. The summed E-state index contributed by atoms with van der Waals surface area (Å²) in [5.41, 5.74) is 1.13. The van der Waals surface area contributed by atoms with Crippen molar-refractivity contribution in [2.45, 2.75) is 57.3 Å². The Kier molecular flexibility index (Phi) is 8.27. The van der Waals surface area contributed by atoms with Gasteiger partial charge in [-0.1, -0.05) is 39.5 Å². The lowest BCUT2D eigenvalue weighted by Crippen LogP contribution is -2.38. The largest absolute Gasteiger partial charge is 0.611 e. The molecule has 1 aliphatic heterocycles. The summed E-state index contributed by atoms with van der Waals surface area (Å²) in [6.07, 6.45) is 6.07. The summed E-state index contributed by atoms with van der Waals surface area (Å²) in [7, 11) is 1.58. The zero-order chi connectivity index (χ0) is 22.6. The minimum Gasteiger partial charge on any atom is -0.611 e. The fourth-order valence-electron chi connectivity index (χ4n) is 4.31. The molecule has 0 fully saturated rings. The van der Waals surface area contributed by atoms with Crippen LogP contribution in [0.15, 0.2) is 39.7 Å². The summed E-state index contributed by atoms with van der Waals surface area (Å²) in [6, 6.07) is 7.67. The number of nitrogens with zero attached hydrogens (tertiary/aromatic N) is 1. The minimum atomic E-state index is -1.24. The van der Waals surface area contributed by atoms with Crippen LogP contribution in [0.1, 0.15) is 52.4 Å². The summed E-state index contributed by atoms with van der Waals surface area (Å²) in [5, 5.41) is 0. The van der Waals surface area contributed by atoms with Crippen molar-refractivity contribution in [3.8, 4) is 5.75 Å². The van der Waals surface area contributed by atoms with Gasteiger partial charge in [0.1, 0.15) is 11.5 Å². The highest BCUT2D eigenvalue weighted by Gasteiger charge is 2.42. The van der Waals surface area contributed by atoms with Crippen LogP contribution in [-0.2, 0) is 11.2 Å².